The highest BCUT2D eigenvalue weighted by Crippen LogP contribution is 2.16. The van der Waals surface area contributed by atoms with E-state index in [2.05, 4.69) is 39.7 Å². The molecule has 1 fully saturated rings. The van der Waals surface area contributed by atoms with Gasteiger partial charge < -0.3 is 8.85 Å². The highest BCUT2D eigenvalue weighted by molar-refractivity contribution is 6.71. The summed E-state index contributed by atoms with van der Waals surface area (Å²) in [7, 11) is 1.26. The normalized spacial score (nSPS) is 14.5. The Hall–Kier alpha value is 0.354. The second-order valence-electron chi connectivity index (χ2n) is 9.63. The van der Waals surface area contributed by atoms with E-state index in [0.29, 0.717) is 0 Å². The molecule has 1 rings (SSSR count). The zero-order chi connectivity index (χ0) is 21.0. The SMILES string of the molecule is C.C.C1CCCCCCC1.CCCCCCCC[Si](C)(C)OC.CO[Si](C)(C)C. The topological polar surface area (TPSA) is 18.5 Å². The Balaban J connectivity index is -0.000000169. The van der Waals surface area contributed by atoms with Crippen LogP contribution in [0.5, 0.6) is 0 Å². The van der Waals surface area contributed by atoms with Crippen LogP contribution in [0.1, 0.15) is 112 Å². The molecule has 0 heterocycles. The summed E-state index contributed by atoms with van der Waals surface area (Å²) < 4.78 is 10.6. The van der Waals surface area contributed by atoms with Crippen molar-refractivity contribution < 1.29 is 8.85 Å². The molecule has 0 N–H and O–H groups in total. The number of hydrogen-bond acceptors (Lipinski definition) is 2. The van der Waals surface area contributed by atoms with Crippen LogP contribution in [0.3, 0.4) is 0 Å². The van der Waals surface area contributed by atoms with Crippen LogP contribution >= 0.6 is 0 Å². The average Bonchev–Trinajstić information content (AvgIpc) is 2.58. The molecule has 0 aromatic heterocycles. The maximum atomic E-state index is 5.50. The minimum atomic E-state index is -1.25. The predicted octanol–water partition coefficient (Wildman–Crippen LogP) is 10.1. The Morgan fingerprint density at radius 3 is 1.14 bits per heavy atom. The molecule has 0 amide bonds. The van der Waals surface area contributed by atoms with Gasteiger partial charge in [0.15, 0.2) is 16.6 Å². The van der Waals surface area contributed by atoms with Crippen molar-refractivity contribution in [2.24, 2.45) is 0 Å². The first-order valence-corrected chi connectivity index (χ1v) is 18.3. The Morgan fingerprint density at radius 2 is 0.862 bits per heavy atom. The molecule has 0 aromatic carbocycles. The number of unbranched alkanes of at least 4 members (excludes halogenated alkanes) is 5. The number of rotatable bonds is 9. The quantitative estimate of drug-likeness (QED) is 0.257. The molecule has 0 radical (unpaired) electrons. The van der Waals surface area contributed by atoms with Crippen LogP contribution in [0.2, 0.25) is 38.8 Å². The van der Waals surface area contributed by atoms with Gasteiger partial charge in [-0.05, 0) is 38.8 Å². The molecule has 1 aliphatic carbocycles. The van der Waals surface area contributed by atoms with Crippen molar-refractivity contribution in [2.45, 2.75) is 150 Å². The molecule has 0 aromatic rings. The third kappa shape index (κ3) is 36.1. The van der Waals surface area contributed by atoms with E-state index in [1.807, 2.05) is 7.11 Å². The fraction of sp³-hybridized carbons (Fsp3) is 1.00. The smallest absolute Gasteiger partial charge is 0.186 e. The Morgan fingerprint density at radius 1 is 0.552 bits per heavy atom. The zero-order valence-electron chi connectivity index (χ0n) is 20.4. The molecule has 2 nitrogen and oxygen atoms in total. The maximum absolute atomic E-state index is 5.50. The van der Waals surface area contributed by atoms with E-state index in [1.165, 1.54) is 95.9 Å². The average molecular weight is 451 g/mol. The van der Waals surface area contributed by atoms with Gasteiger partial charge in [-0.1, -0.05) is 112 Å². The van der Waals surface area contributed by atoms with E-state index in [9.17, 15) is 0 Å². The van der Waals surface area contributed by atoms with Gasteiger partial charge in [0.05, 0.1) is 0 Å². The van der Waals surface area contributed by atoms with Gasteiger partial charge in [0.2, 0.25) is 0 Å². The lowest BCUT2D eigenvalue weighted by Gasteiger charge is -2.19. The van der Waals surface area contributed by atoms with Crippen molar-refractivity contribution in [1.82, 2.24) is 0 Å². The molecular formula is C25H62O2Si2. The summed E-state index contributed by atoms with van der Waals surface area (Å²) in [6.07, 6.45) is 20.4. The maximum Gasteiger partial charge on any atom is 0.186 e. The summed E-state index contributed by atoms with van der Waals surface area (Å²) in [5.74, 6) is 0. The summed E-state index contributed by atoms with van der Waals surface area (Å²) in [5.41, 5.74) is 0. The molecule has 0 atom stereocenters. The first-order chi connectivity index (χ1) is 12.7. The van der Waals surface area contributed by atoms with Crippen molar-refractivity contribution in [3.63, 3.8) is 0 Å². The van der Waals surface area contributed by atoms with E-state index < -0.39 is 16.6 Å². The summed E-state index contributed by atoms with van der Waals surface area (Å²) in [6, 6.07) is 1.33. The standard InChI is InChI=1S/C11H26OSi.C8H16.C4H12OSi.2CH4/c1-5-6-7-8-9-10-11-13(3,4)12-2;1-2-4-6-8-7-5-3-1;1-5-6(2,3)4;;/h5-11H2,1-4H3;1-8H2;1-4H3;2*1H4. The minimum absolute atomic E-state index is 0. The highest BCUT2D eigenvalue weighted by Gasteiger charge is 2.18. The molecule has 182 valence electrons. The molecule has 0 saturated heterocycles. The van der Waals surface area contributed by atoms with E-state index in [0.717, 1.165) is 0 Å². The lowest BCUT2D eigenvalue weighted by molar-refractivity contribution is 0.400. The van der Waals surface area contributed by atoms with E-state index in [1.54, 1.807) is 7.11 Å². The van der Waals surface area contributed by atoms with Crippen LogP contribution in [0, 0.1) is 0 Å². The first kappa shape index (κ1) is 36.7. The third-order valence-corrected chi connectivity index (χ3v) is 9.18. The zero-order valence-corrected chi connectivity index (χ0v) is 22.4. The summed E-state index contributed by atoms with van der Waals surface area (Å²) in [6.45, 7) is 13.4. The number of hydrogen-bond donors (Lipinski definition) is 0. The monoisotopic (exact) mass is 450 g/mol. The third-order valence-electron chi connectivity index (χ3n) is 5.30. The van der Waals surface area contributed by atoms with Gasteiger partial charge in [0.25, 0.3) is 0 Å². The molecule has 0 aliphatic heterocycles. The van der Waals surface area contributed by atoms with Crippen LogP contribution in [0.4, 0.5) is 0 Å². The van der Waals surface area contributed by atoms with Crippen molar-refractivity contribution >= 4 is 16.6 Å². The van der Waals surface area contributed by atoms with Gasteiger partial charge in [-0.2, -0.15) is 0 Å². The largest absolute Gasteiger partial charge is 0.421 e. The summed E-state index contributed by atoms with van der Waals surface area (Å²) >= 11 is 0. The molecule has 4 heteroatoms. The van der Waals surface area contributed by atoms with Crippen molar-refractivity contribution in [1.29, 1.82) is 0 Å². The van der Waals surface area contributed by atoms with Gasteiger partial charge in [-0.3, -0.25) is 0 Å². The second kappa shape index (κ2) is 24.6. The van der Waals surface area contributed by atoms with Crippen molar-refractivity contribution in [3.05, 3.63) is 0 Å². The highest BCUT2D eigenvalue weighted by atomic mass is 28.4. The molecular weight excluding hydrogens is 388 g/mol. The Labute approximate surface area is 190 Å². The van der Waals surface area contributed by atoms with Crippen LogP contribution in [0.25, 0.3) is 0 Å². The van der Waals surface area contributed by atoms with E-state index in [-0.39, 0.29) is 14.9 Å². The molecule has 0 bridgehead atoms. The summed E-state index contributed by atoms with van der Waals surface area (Å²) in [4.78, 5) is 0. The van der Waals surface area contributed by atoms with Gasteiger partial charge in [0.1, 0.15) is 0 Å². The van der Waals surface area contributed by atoms with Crippen molar-refractivity contribution in [2.75, 3.05) is 14.2 Å². The summed E-state index contributed by atoms with van der Waals surface area (Å²) in [5, 5.41) is 0. The van der Waals surface area contributed by atoms with Crippen LogP contribution < -0.4 is 0 Å². The van der Waals surface area contributed by atoms with Crippen LogP contribution in [-0.4, -0.2) is 30.9 Å². The van der Waals surface area contributed by atoms with E-state index >= 15 is 0 Å². The van der Waals surface area contributed by atoms with E-state index in [4.69, 9.17) is 8.85 Å². The second-order valence-corrected chi connectivity index (χ2v) is 18.7. The molecule has 29 heavy (non-hydrogen) atoms. The molecule has 0 spiro atoms. The van der Waals surface area contributed by atoms with Gasteiger partial charge in [-0.25, -0.2) is 0 Å². The fourth-order valence-corrected chi connectivity index (χ4v) is 4.15. The van der Waals surface area contributed by atoms with Gasteiger partial charge >= 0.3 is 0 Å². The fourth-order valence-electron chi connectivity index (χ4n) is 2.85. The minimum Gasteiger partial charge on any atom is -0.421 e. The molecule has 1 saturated carbocycles. The van der Waals surface area contributed by atoms with Crippen molar-refractivity contribution in [3.8, 4) is 0 Å². The predicted molar refractivity (Wildman–Crippen MR) is 143 cm³/mol. The first-order valence-electron chi connectivity index (χ1n) is 11.8. The molecule has 0 unspecified atom stereocenters. The van der Waals surface area contributed by atoms with Crippen LogP contribution in [0.15, 0.2) is 0 Å². The lowest BCUT2D eigenvalue weighted by Crippen LogP contribution is -2.27. The van der Waals surface area contributed by atoms with Gasteiger partial charge in [0, 0.05) is 14.2 Å². The Bertz CT molecular complexity index is 265. The van der Waals surface area contributed by atoms with Crippen LogP contribution in [-0.2, 0) is 8.85 Å². The Kier molecular flexibility index (Phi) is 31.2. The molecule has 1 aliphatic rings. The lowest BCUT2D eigenvalue weighted by atomic mass is 10.0. The van der Waals surface area contributed by atoms with Gasteiger partial charge in [-0.15, -0.1) is 0 Å².